The molecule has 28 heavy (non-hydrogen) atoms. The van der Waals surface area contributed by atoms with Crippen LogP contribution in [-0.2, 0) is 11.2 Å². The van der Waals surface area contributed by atoms with Gasteiger partial charge in [-0.15, -0.1) is 0 Å². The van der Waals surface area contributed by atoms with Gasteiger partial charge in [0, 0.05) is 9.50 Å². The number of amides is 1. The summed E-state index contributed by atoms with van der Waals surface area (Å²) >= 11 is 9.89. The Balaban J connectivity index is 2.18. The van der Waals surface area contributed by atoms with Gasteiger partial charge in [0.1, 0.15) is 5.60 Å². The number of ether oxygens (including phenoxy) is 1. The van der Waals surface area contributed by atoms with Crippen molar-refractivity contribution in [3.8, 4) is 0 Å². The van der Waals surface area contributed by atoms with Crippen LogP contribution < -0.4 is 4.90 Å². The largest absolute Gasteiger partial charge is 0.443 e. The van der Waals surface area contributed by atoms with Crippen LogP contribution in [0.4, 0.5) is 10.5 Å². The van der Waals surface area contributed by atoms with Crippen LogP contribution in [0.5, 0.6) is 0 Å². The van der Waals surface area contributed by atoms with Crippen molar-refractivity contribution >= 4 is 39.3 Å². The maximum absolute atomic E-state index is 13.4. The maximum atomic E-state index is 13.4. The zero-order chi connectivity index (χ0) is 20.6. The van der Waals surface area contributed by atoms with Crippen molar-refractivity contribution < 1.29 is 9.53 Å². The quantitative estimate of drug-likeness (QED) is 0.456. The van der Waals surface area contributed by atoms with Crippen molar-refractivity contribution in [2.75, 3.05) is 4.90 Å². The molecule has 3 nitrogen and oxygen atoms in total. The average molecular weight is 465 g/mol. The lowest BCUT2D eigenvalue weighted by Crippen LogP contribution is -2.42. The molecule has 1 aliphatic heterocycles. The number of carbonyl (C=O) groups excluding carboxylic acids is 1. The number of aryl methyl sites for hydroxylation is 1. The molecule has 5 heteroatoms. The van der Waals surface area contributed by atoms with Crippen molar-refractivity contribution in [1.29, 1.82) is 0 Å². The Morgan fingerprint density at radius 2 is 1.96 bits per heavy atom. The average Bonchev–Trinajstić information content (AvgIpc) is 2.58. The van der Waals surface area contributed by atoms with E-state index < -0.39 is 5.60 Å². The predicted molar refractivity (Wildman–Crippen MR) is 119 cm³/mol. The lowest BCUT2D eigenvalue weighted by atomic mass is 9.87. The molecule has 1 heterocycles. The monoisotopic (exact) mass is 463 g/mol. The molecule has 1 unspecified atom stereocenters. The van der Waals surface area contributed by atoms with Gasteiger partial charge in [0.15, 0.2) is 0 Å². The summed E-state index contributed by atoms with van der Waals surface area (Å²) < 4.78 is 6.87. The van der Waals surface area contributed by atoms with E-state index in [0.717, 1.165) is 34.1 Å². The van der Waals surface area contributed by atoms with Crippen LogP contribution >= 0.6 is 27.5 Å². The molecule has 1 amide bonds. The second kappa shape index (κ2) is 8.08. The van der Waals surface area contributed by atoms with Gasteiger partial charge in [-0.1, -0.05) is 53.5 Å². The lowest BCUT2D eigenvalue weighted by molar-refractivity contribution is 0.0559. The molecule has 1 atom stereocenters. The Morgan fingerprint density at radius 1 is 1.25 bits per heavy atom. The number of halogens is 2. The Bertz CT molecular complexity index is 889. The second-order valence-electron chi connectivity index (χ2n) is 8.62. The highest BCUT2D eigenvalue weighted by Gasteiger charge is 2.37. The summed E-state index contributed by atoms with van der Waals surface area (Å²) in [6.45, 7) is 10.00. The first-order valence-electron chi connectivity index (χ1n) is 9.67. The zero-order valence-corrected chi connectivity index (χ0v) is 19.4. The van der Waals surface area contributed by atoms with Gasteiger partial charge >= 0.3 is 6.09 Å². The highest BCUT2D eigenvalue weighted by molar-refractivity contribution is 9.10. The summed E-state index contributed by atoms with van der Waals surface area (Å²) in [6, 6.07) is 11.9. The molecule has 1 aliphatic rings. The molecule has 2 aromatic carbocycles. The zero-order valence-electron chi connectivity index (χ0n) is 17.1. The SMILES string of the molecule is CC(C)c1cc(Br)cc2c1N(C(=O)OC(C)(C)C)C(c1cccc(Cl)c1)CC2. The van der Waals surface area contributed by atoms with Crippen LogP contribution in [0.15, 0.2) is 40.9 Å². The number of nitrogens with zero attached hydrogens (tertiary/aromatic N) is 1. The van der Waals surface area contributed by atoms with Gasteiger partial charge in [0.2, 0.25) is 0 Å². The number of rotatable bonds is 2. The molecule has 150 valence electrons. The summed E-state index contributed by atoms with van der Waals surface area (Å²) in [6.07, 6.45) is 1.40. The minimum atomic E-state index is -0.569. The Labute approximate surface area is 181 Å². The van der Waals surface area contributed by atoms with E-state index in [4.69, 9.17) is 16.3 Å². The van der Waals surface area contributed by atoms with Crippen LogP contribution in [0.3, 0.4) is 0 Å². The fraction of sp³-hybridized carbons (Fsp3) is 0.435. The molecule has 0 aliphatic carbocycles. The van der Waals surface area contributed by atoms with Crippen molar-refractivity contribution in [3.63, 3.8) is 0 Å². The van der Waals surface area contributed by atoms with E-state index in [1.165, 1.54) is 5.56 Å². The second-order valence-corrected chi connectivity index (χ2v) is 9.97. The summed E-state index contributed by atoms with van der Waals surface area (Å²) in [5.41, 5.74) is 3.75. The van der Waals surface area contributed by atoms with Crippen LogP contribution in [0.1, 0.15) is 69.7 Å². The van der Waals surface area contributed by atoms with Gasteiger partial charge in [0.05, 0.1) is 11.7 Å². The Kier molecular flexibility index (Phi) is 6.11. The third-order valence-electron chi connectivity index (χ3n) is 4.87. The fourth-order valence-corrected chi connectivity index (χ4v) is 4.46. The van der Waals surface area contributed by atoms with Crippen molar-refractivity contribution in [2.24, 2.45) is 0 Å². The fourth-order valence-electron chi connectivity index (χ4n) is 3.74. The number of benzene rings is 2. The number of carbonyl (C=O) groups is 1. The Hall–Kier alpha value is -1.52. The van der Waals surface area contributed by atoms with E-state index in [-0.39, 0.29) is 18.1 Å². The lowest BCUT2D eigenvalue weighted by Gasteiger charge is -2.40. The molecule has 2 aromatic rings. The van der Waals surface area contributed by atoms with E-state index in [1.807, 2.05) is 49.9 Å². The number of fused-ring (bicyclic) bond motifs is 1. The smallest absolute Gasteiger partial charge is 0.415 e. The molecule has 0 radical (unpaired) electrons. The van der Waals surface area contributed by atoms with Gasteiger partial charge in [-0.25, -0.2) is 4.79 Å². The van der Waals surface area contributed by atoms with Crippen LogP contribution in [0.25, 0.3) is 0 Å². The minimum absolute atomic E-state index is 0.111. The molecule has 0 bridgehead atoms. The molecule has 0 spiro atoms. The predicted octanol–water partition coefficient (Wildman–Crippen LogP) is 7.65. The highest BCUT2D eigenvalue weighted by Crippen LogP contribution is 2.45. The summed E-state index contributed by atoms with van der Waals surface area (Å²) in [4.78, 5) is 15.2. The summed E-state index contributed by atoms with van der Waals surface area (Å²) in [5.74, 6) is 0.272. The highest BCUT2D eigenvalue weighted by atomic mass is 79.9. The third-order valence-corrected chi connectivity index (χ3v) is 5.56. The number of anilines is 1. The van der Waals surface area contributed by atoms with Crippen molar-refractivity contribution in [2.45, 2.75) is 65.0 Å². The van der Waals surface area contributed by atoms with E-state index in [2.05, 4.69) is 41.9 Å². The van der Waals surface area contributed by atoms with Gasteiger partial charge in [0.25, 0.3) is 0 Å². The number of hydrogen-bond acceptors (Lipinski definition) is 2. The standard InChI is InChI=1S/C23H27BrClNO2/c1-14(2)19-13-17(24)11-16-9-10-20(15-7-6-8-18(25)12-15)26(21(16)19)22(27)28-23(3,4)5/h6-8,11-14,20H,9-10H2,1-5H3. The summed E-state index contributed by atoms with van der Waals surface area (Å²) in [5, 5.41) is 0.673. The van der Waals surface area contributed by atoms with E-state index in [0.29, 0.717) is 5.02 Å². The molecule has 0 fully saturated rings. The molecule has 0 saturated carbocycles. The van der Waals surface area contributed by atoms with Crippen molar-refractivity contribution in [3.05, 3.63) is 62.6 Å². The normalized spacial score (nSPS) is 16.9. The van der Waals surface area contributed by atoms with Gasteiger partial charge in [-0.3, -0.25) is 4.90 Å². The van der Waals surface area contributed by atoms with E-state index >= 15 is 0 Å². The van der Waals surface area contributed by atoms with Crippen LogP contribution in [-0.4, -0.2) is 11.7 Å². The molecular formula is C23H27BrClNO2. The maximum Gasteiger partial charge on any atom is 0.415 e. The minimum Gasteiger partial charge on any atom is -0.443 e. The molecular weight excluding hydrogens is 438 g/mol. The van der Waals surface area contributed by atoms with Crippen molar-refractivity contribution in [1.82, 2.24) is 0 Å². The first-order valence-corrected chi connectivity index (χ1v) is 10.8. The van der Waals surface area contributed by atoms with Gasteiger partial charge in [-0.2, -0.15) is 0 Å². The first-order chi connectivity index (χ1) is 13.1. The number of hydrogen-bond donors (Lipinski definition) is 0. The van der Waals surface area contributed by atoms with E-state index in [9.17, 15) is 4.79 Å². The third kappa shape index (κ3) is 4.55. The topological polar surface area (TPSA) is 29.5 Å². The Morgan fingerprint density at radius 3 is 2.57 bits per heavy atom. The summed E-state index contributed by atoms with van der Waals surface area (Å²) in [7, 11) is 0. The van der Waals surface area contributed by atoms with Crippen LogP contribution in [0.2, 0.25) is 5.02 Å². The van der Waals surface area contributed by atoms with Gasteiger partial charge in [-0.05, 0) is 80.5 Å². The molecule has 0 saturated heterocycles. The molecule has 0 aromatic heterocycles. The van der Waals surface area contributed by atoms with E-state index in [1.54, 1.807) is 0 Å². The van der Waals surface area contributed by atoms with Crippen LogP contribution in [0, 0.1) is 0 Å². The molecule has 3 rings (SSSR count). The molecule has 0 N–H and O–H groups in total. The first kappa shape index (κ1) is 21.2. The van der Waals surface area contributed by atoms with Gasteiger partial charge < -0.3 is 4.74 Å².